The summed E-state index contributed by atoms with van der Waals surface area (Å²) in [6.07, 6.45) is 0. The Hall–Kier alpha value is -0.243. The molecular formula is C17H32BrNO3Si. The quantitative estimate of drug-likeness (QED) is 0.412. The molecule has 0 amide bonds. The van der Waals surface area contributed by atoms with Gasteiger partial charge in [-0.25, -0.2) is 0 Å². The number of quaternary nitrogens is 1. The van der Waals surface area contributed by atoms with Crippen LogP contribution >= 0.6 is 0 Å². The number of benzene rings is 1. The van der Waals surface area contributed by atoms with E-state index < -0.39 is 8.80 Å². The highest BCUT2D eigenvalue weighted by molar-refractivity contribution is 6.62. The fraction of sp³-hybridized carbons (Fsp3) is 0.647. The van der Waals surface area contributed by atoms with Gasteiger partial charge >= 0.3 is 8.80 Å². The summed E-state index contributed by atoms with van der Waals surface area (Å²) in [4.78, 5) is 0. The fourth-order valence-electron chi connectivity index (χ4n) is 2.71. The molecule has 0 N–H and O–H groups in total. The standard InChI is InChI=1S/C17H32NO3Si.BrH/c1-7-19-22(20-8-2,21-9-3)16(4)18(5,6)15-17-13-11-10-12-14-17;/h10-14,16H,7-9,15H2,1-6H3;1H/q+1;/p-1. The first-order chi connectivity index (χ1) is 10.4. The molecule has 23 heavy (non-hydrogen) atoms. The molecule has 0 spiro atoms. The first kappa shape index (κ1) is 22.8. The Morgan fingerprint density at radius 3 is 1.74 bits per heavy atom. The zero-order valence-electron chi connectivity index (χ0n) is 15.3. The molecule has 4 nitrogen and oxygen atoms in total. The molecule has 1 atom stereocenters. The maximum absolute atomic E-state index is 6.08. The Morgan fingerprint density at radius 1 is 0.913 bits per heavy atom. The van der Waals surface area contributed by atoms with Gasteiger partial charge < -0.3 is 34.7 Å². The number of nitrogens with zero attached hydrogens (tertiary/aromatic N) is 1. The van der Waals surface area contributed by atoms with E-state index in [2.05, 4.69) is 45.3 Å². The van der Waals surface area contributed by atoms with Crippen molar-refractivity contribution < 1.29 is 34.7 Å². The molecule has 0 aliphatic carbocycles. The molecule has 1 rings (SSSR count). The van der Waals surface area contributed by atoms with Crippen LogP contribution in [0.2, 0.25) is 0 Å². The third-order valence-electron chi connectivity index (χ3n) is 4.03. The third kappa shape index (κ3) is 6.29. The van der Waals surface area contributed by atoms with E-state index in [-0.39, 0.29) is 22.6 Å². The first-order valence-electron chi connectivity index (χ1n) is 8.20. The molecule has 0 aliphatic heterocycles. The van der Waals surface area contributed by atoms with Crippen LogP contribution in [-0.2, 0) is 19.8 Å². The van der Waals surface area contributed by atoms with E-state index >= 15 is 0 Å². The Balaban J connectivity index is 0.00000484. The lowest BCUT2D eigenvalue weighted by molar-refractivity contribution is -0.917. The molecule has 6 heteroatoms. The Bertz CT molecular complexity index is 414. The van der Waals surface area contributed by atoms with Crippen molar-refractivity contribution in [3.63, 3.8) is 0 Å². The van der Waals surface area contributed by atoms with Crippen molar-refractivity contribution in [2.24, 2.45) is 0 Å². The van der Waals surface area contributed by atoms with Crippen molar-refractivity contribution in [1.29, 1.82) is 0 Å². The number of halogens is 1. The molecule has 0 aliphatic rings. The van der Waals surface area contributed by atoms with Crippen molar-refractivity contribution in [2.75, 3.05) is 33.9 Å². The minimum atomic E-state index is -2.72. The van der Waals surface area contributed by atoms with Gasteiger partial charge in [0, 0.05) is 25.4 Å². The van der Waals surface area contributed by atoms with Gasteiger partial charge in [-0.2, -0.15) is 0 Å². The van der Waals surface area contributed by atoms with Crippen LogP contribution in [0.4, 0.5) is 0 Å². The van der Waals surface area contributed by atoms with Crippen LogP contribution in [0.1, 0.15) is 33.3 Å². The van der Waals surface area contributed by atoms with E-state index in [0.29, 0.717) is 19.8 Å². The smallest absolute Gasteiger partial charge is 0.562 e. The second-order valence-corrected chi connectivity index (χ2v) is 8.91. The van der Waals surface area contributed by atoms with Crippen LogP contribution in [-0.4, -0.2) is 52.9 Å². The number of rotatable bonds is 10. The van der Waals surface area contributed by atoms with Crippen LogP contribution in [0.25, 0.3) is 0 Å². The summed E-state index contributed by atoms with van der Waals surface area (Å²) in [5.41, 5.74) is 1.47. The second-order valence-electron chi connectivity index (χ2n) is 6.00. The average Bonchev–Trinajstić information content (AvgIpc) is 2.47. The Kier molecular flexibility index (Phi) is 10.5. The second kappa shape index (κ2) is 10.6. The fourth-order valence-corrected chi connectivity index (χ4v) is 5.84. The summed E-state index contributed by atoms with van der Waals surface area (Å²) in [6.45, 7) is 11.0. The van der Waals surface area contributed by atoms with Gasteiger partial charge in [0.2, 0.25) is 0 Å². The molecule has 134 valence electrons. The van der Waals surface area contributed by atoms with E-state index in [1.165, 1.54) is 5.56 Å². The zero-order valence-corrected chi connectivity index (χ0v) is 17.9. The molecule has 0 heterocycles. The number of hydrogen-bond acceptors (Lipinski definition) is 3. The highest BCUT2D eigenvalue weighted by Crippen LogP contribution is 2.25. The SMILES string of the molecule is CCO[Si](OCC)(OCC)C(C)[N+](C)(C)Cc1ccccc1.[Br-]. The van der Waals surface area contributed by atoms with Crippen LogP contribution < -0.4 is 17.0 Å². The lowest BCUT2D eigenvalue weighted by atomic mass is 10.2. The van der Waals surface area contributed by atoms with Gasteiger partial charge in [-0.1, -0.05) is 30.3 Å². The van der Waals surface area contributed by atoms with E-state index in [4.69, 9.17) is 13.3 Å². The molecule has 0 aromatic heterocycles. The summed E-state index contributed by atoms with van der Waals surface area (Å²) in [6, 6.07) is 10.5. The average molecular weight is 406 g/mol. The van der Waals surface area contributed by atoms with Crippen LogP contribution in [0.5, 0.6) is 0 Å². The molecule has 1 unspecified atom stereocenters. The van der Waals surface area contributed by atoms with Crippen molar-refractivity contribution in [1.82, 2.24) is 0 Å². The highest BCUT2D eigenvalue weighted by atomic mass is 79.9. The topological polar surface area (TPSA) is 27.7 Å². The molecule has 0 saturated carbocycles. The minimum Gasteiger partial charge on any atom is -1.00 e. The molecule has 1 aromatic rings. The molecular weight excluding hydrogens is 374 g/mol. The zero-order chi connectivity index (χ0) is 16.6. The van der Waals surface area contributed by atoms with Gasteiger partial charge in [-0.05, 0) is 27.7 Å². The van der Waals surface area contributed by atoms with Gasteiger partial charge in [0.05, 0.1) is 14.1 Å². The summed E-state index contributed by atoms with van der Waals surface area (Å²) in [7, 11) is 1.72. The molecule has 0 saturated heterocycles. The lowest BCUT2D eigenvalue weighted by Crippen LogP contribution is -3.00. The van der Waals surface area contributed by atoms with E-state index in [9.17, 15) is 0 Å². The summed E-state index contributed by atoms with van der Waals surface area (Å²) in [5.74, 6) is 0. The van der Waals surface area contributed by atoms with Crippen molar-refractivity contribution in [3.8, 4) is 0 Å². The summed E-state index contributed by atoms with van der Waals surface area (Å²) < 4.78 is 19.0. The van der Waals surface area contributed by atoms with E-state index in [1.54, 1.807) is 0 Å². The van der Waals surface area contributed by atoms with E-state index in [0.717, 1.165) is 11.0 Å². The predicted octanol–water partition coefficient (Wildman–Crippen LogP) is 0.243. The Morgan fingerprint density at radius 2 is 1.35 bits per heavy atom. The van der Waals surface area contributed by atoms with Gasteiger partial charge in [-0.3, -0.25) is 0 Å². The van der Waals surface area contributed by atoms with Gasteiger partial charge in [0.1, 0.15) is 6.54 Å². The monoisotopic (exact) mass is 405 g/mol. The third-order valence-corrected chi connectivity index (χ3v) is 7.83. The molecule has 0 radical (unpaired) electrons. The van der Waals surface area contributed by atoms with Gasteiger partial charge in [-0.15, -0.1) is 0 Å². The van der Waals surface area contributed by atoms with E-state index in [1.807, 2.05) is 26.8 Å². The first-order valence-corrected chi connectivity index (χ1v) is 10.0. The van der Waals surface area contributed by atoms with Crippen LogP contribution in [0.3, 0.4) is 0 Å². The van der Waals surface area contributed by atoms with Crippen molar-refractivity contribution >= 4 is 8.80 Å². The van der Waals surface area contributed by atoms with Crippen LogP contribution in [0, 0.1) is 0 Å². The maximum atomic E-state index is 6.08. The molecule has 0 fully saturated rings. The highest BCUT2D eigenvalue weighted by Gasteiger charge is 2.55. The number of hydrogen-bond donors (Lipinski definition) is 0. The largest absolute Gasteiger partial charge is 1.00 e. The van der Waals surface area contributed by atoms with Gasteiger partial charge in [0.15, 0.2) is 5.67 Å². The van der Waals surface area contributed by atoms with Crippen molar-refractivity contribution in [2.45, 2.75) is 39.9 Å². The molecule has 1 aromatic carbocycles. The molecule has 0 bridgehead atoms. The predicted molar refractivity (Wildman–Crippen MR) is 92.3 cm³/mol. The lowest BCUT2D eigenvalue weighted by Gasteiger charge is -2.43. The van der Waals surface area contributed by atoms with Crippen molar-refractivity contribution in [3.05, 3.63) is 35.9 Å². The van der Waals surface area contributed by atoms with Gasteiger partial charge in [0.25, 0.3) is 0 Å². The maximum Gasteiger partial charge on any atom is 0.562 e. The van der Waals surface area contributed by atoms with Crippen LogP contribution in [0.15, 0.2) is 30.3 Å². The summed E-state index contributed by atoms with van der Waals surface area (Å²) >= 11 is 0. The normalized spacial score (nSPS) is 13.5. The summed E-state index contributed by atoms with van der Waals surface area (Å²) in [5, 5.41) is 0. The minimum absolute atomic E-state index is 0. The Labute approximate surface area is 153 Å².